The predicted molar refractivity (Wildman–Crippen MR) is 66.3 cm³/mol. The van der Waals surface area contributed by atoms with E-state index < -0.39 is 6.10 Å². The number of hydrogen-bond acceptors (Lipinski definition) is 2. The standard InChI is InChI=1S/C14H17NO/c1-3-6-14(16)13-9-10(2)11-7-4-5-8-12(11)15-13/h4-5,7-9,14,16H,3,6H2,1-2H3. The van der Waals surface area contributed by atoms with Gasteiger partial charge in [-0.15, -0.1) is 0 Å². The van der Waals surface area contributed by atoms with Crippen LogP contribution < -0.4 is 0 Å². The molecule has 0 spiro atoms. The van der Waals surface area contributed by atoms with Gasteiger partial charge in [-0.3, -0.25) is 4.98 Å². The molecule has 0 saturated heterocycles. The Morgan fingerprint density at radius 1 is 1.31 bits per heavy atom. The Hall–Kier alpha value is -1.41. The second-order valence-electron chi connectivity index (χ2n) is 4.19. The van der Waals surface area contributed by atoms with Gasteiger partial charge in [0, 0.05) is 5.39 Å². The van der Waals surface area contributed by atoms with Crippen LogP contribution in [-0.4, -0.2) is 10.1 Å². The van der Waals surface area contributed by atoms with E-state index in [2.05, 4.69) is 24.9 Å². The first-order valence-corrected chi connectivity index (χ1v) is 5.76. The van der Waals surface area contributed by atoms with Gasteiger partial charge in [0.2, 0.25) is 0 Å². The van der Waals surface area contributed by atoms with Crippen LogP contribution in [0.2, 0.25) is 0 Å². The van der Waals surface area contributed by atoms with Crippen molar-refractivity contribution >= 4 is 10.9 Å². The Morgan fingerprint density at radius 2 is 2.06 bits per heavy atom. The zero-order valence-corrected chi connectivity index (χ0v) is 9.77. The molecule has 84 valence electrons. The third-order valence-electron chi connectivity index (χ3n) is 2.85. The molecular weight excluding hydrogens is 198 g/mol. The minimum atomic E-state index is -0.437. The molecule has 1 unspecified atom stereocenters. The summed E-state index contributed by atoms with van der Waals surface area (Å²) >= 11 is 0. The average Bonchev–Trinajstić information content (AvgIpc) is 2.29. The molecule has 1 aromatic heterocycles. The van der Waals surface area contributed by atoms with Gasteiger partial charge in [-0.25, -0.2) is 0 Å². The van der Waals surface area contributed by atoms with Crippen LogP contribution in [0.4, 0.5) is 0 Å². The van der Waals surface area contributed by atoms with Crippen LogP contribution in [-0.2, 0) is 0 Å². The van der Waals surface area contributed by atoms with Crippen LogP contribution in [0.15, 0.2) is 30.3 Å². The number of aromatic nitrogens is 1. The number of para-hydroxylation sites is 1. The maximum atomic E-state index is 9.94. The van der Waals surface area contributed by atoms with Crippen molar-refractivity contribution in [1.29, 1.82) is 0 Å². The topological polar surface area (TPSA) is 33.1 Å². The zero-order chi connectivity index (χ0) is 11.5. The number of pyridine rings is 1. The fourth-order valence-corrected chi connectivity index (χ4v) is 1.97. The first-order chi connectivity index (χ1) is 7.72. The van der Waals surface area contributed by atoms with Crippen LogP contribution in [0.1, 0.15) is 37.1 Å². The van der Waals surface area contributed by atoms with Crippen LogP contribution in [0.5, 0.6) is 0 Å². The van der Waals surface area contributed by atoms with Gasteiger partial charge in [-0.05, 0) is 31.0 Å². The van der Waals surface area contributed by atoms with Gasteiger partial charge in [0.15, 0.2) is 0 Å². The molecule has 1 heterocycles. The number of fused-ring (bicyclic) bond motifs is 1. The van der Waals surface area contributed by atoms with Gasteiger partial charge in [-0.1, -0.05) is 31.5 Å². The fourth-order valence-electron chi connectivity index (χ4n) is 1.97. The summed E-state index contributed by atoms with van der Waals surface area (Å²) in [5.74, 6) is 0. The van der Waals surface area contributed by atoms with E-state index in [1.54, 1.807) is 0 Å². The van der Waals surface area contributed by atoms with Crippen molar-refractivity contribution in [3.63, 3.8) is 0 Å². The van der Waals surface area contributed by atoms with Crippen LogP contribution in [0.25, 0.3) is 10.9 Å². The molecule has 1 atom stereocenters. The summed E-state index contributed by atoms with van der Waals surface area (Å²) in [7, 11) is 0. The van der Waals surface area contributed by atoms with Crippen molar-refractivity contribution in [2.75, 3.05) is 0 Å². The SMILES string of the molecule is CCCC(O)c1cc(C)c2ccccc2n1. The molecule has 0 aliphatic heterocycles. The van der Waals surface area contributed by atoms with Crippen molar-refractivity contribution in [2.45, 2.75) is 32.8 Å². The van der Waals surface area contributed by atoms with Gasteiger partial charge in [0.05, 0.1) is 17.3 Å². The third kappa shape index (κ3) is 2.07. The molecule has 0 saturated carbocycles. The predicted octanol–water partition coefficient (Wildman–Crippen LogP) is 3.38. The van der Waals surface area contributed by atoms with Gasteiger partial charge in [0.1, 0.15) is 0 Å². The van der Waals surface area contributed by atoms with E-state index in [4.69, 9.17) is 0 Å². The largest absolute Gasteiger partial charge is 0.387 e. The van der Waals surface area contributed by atoms with E-state index in [1.807, 2.05) is 24.3 Å². The van der Waals surface area contributed by atoms with Crippen molar-refractivity contribution < 1.29 is 5.11 Å². The molecule has 1 N–H and O–H groups in total. The maximum Gasteiger partial charge on any atom is 0.0960 e. The maximum absolute atomic E-state index is 9.94. The highest BCUT2D eigenvalue weighted by molar-refractivity contribution is 5.82. The Balaban J connectivity index is 2.49. The normalized spacial score (nSPS) is 12.9. The molecule has 0 aliphatic carbocycles. The lowest BCUT2D eigenvalue weighted by atomic mass is 10.1. The summed E-state index contributed by atoms with van der Waals surface area (Å²) in [6, 6.07) is 10.0. The molecular formula is C14H17NO. The molecule has 0 fully saturated rings. The first-order valence-electron chi connectivity index (χ1n) is 5.76. The lowest BCUT2D eigenvalue weighted by Gasteiger charge is -2.11. The van der Waals surface area contributed by atoms with E-state index in [0.29, 0.717) is 0 Å². The van der Waals surface area contributed by atoms with Crippen LogP contribution in [0, 0.1) is 6.92 Å². The minimum Gasteiger partial charge on any atom is -0.387 e. The molecule has 0 bridgehead atoms. The number of aryl methyl sites for hydroxylation is 1. The molecule has 0 aliphatic rings. The van der Waals surface area contributed by atoms with E-state index >= 15 is 0 Å². The first kappa shape index (κ1) is 11.1. The van der Waals surface area contributed by atoms with Gasteiger partial charge < -0.3 is 5.11 Å². The molecule has 16 heavy (non-hydrogen) atoms. The number of rotatable bonds is 3. The van der Waals surface area contributed by atoms with Gasteiger partial charge in [-0.2, -0.15) is 0 Å². The van der Waals surface area contributed by atoms with Crippen molar-refractivity contribution in [1.82, 2.24) is 4.98 Å². The quantitative estimate of drug-likeness (QED) is 0.851. The Labute approximate surface area is 96.0 Å². The molecule has 0 radical (unpaired) electrons. The summed E-state index contributed by atoms with van der Waals surface area (Å²) < 4.78 is 0. The molecule has 2 rings (SSSR count). The van der Waals surface area contributed by atoms with Gasteiger partial charge in [0.25, 0.3) is 0 Å². The Morgan fingerprint density at radius 3 is 2.81 bits per heavy atom. The smallest absolute Gasteiger partial charge is 0.0960 e. The second kappa shape index (κ2) is 4.62. The third-order valence-corrected chi connectivity index (χ3v) is 2.85. The summed E-state index contributed by atoms with van der Waals surface area (Å²) in [6.07, 6.45) is 1.30. The van der Waals surface area contributed by atoms with Crippen molar-refractivity contribution in [3.8, 4) is 0 Å². The highest BCUT2D eigenvalue weighted by Gasteiger charge is 2.10. The highest BCUT2D eigenvalue weighted by Crippen LogP contribution is 2.22. The van der Waals surface area contributed by atoms with E-state index in [-0.39, 0.29) is 0 Å². The monoisotopic (exact) mass is 215 g/mol. The molecule has 2 heteroatoms. The zero-order valence-electron chi connectivity index (χ0n) is 9.77. The number of nitrogens with zero attached hydrogens (tertiary/aromatic N) is 1. The van der Waals surface area contributed by atoms with E-state index in [1.165, 1.54) is 5.56 Å². The molecule has 1 aromatic carbocycles. The molecule has 2 aromatic rings. The van der Waals surface area contributed by atoms with Crippen molar-refractivity contribution in [3.05, 3.63) is 41.6 Å². The van der Waals surface area contributed by atoms with Gasteiger partial charge >= 0.3 is 0 Å². The summed E-state index contributed by atoms with van der Waals surface area (Å²) in [4.78, 5) is 4.50. The summed E-state index contributed by atoms with van der Waals surface area (Å²) in [6.45, 7) is 4.13. The number of benzene rings is 1. The second-order valence-corrected chi connectivity index (χ2v) is 4.19. The van der Waals surface area contributed by atoms with E-state index in [9.17, 15) is 5.11 Å². The van der Waals surface area contributed by atoms with E-state index in [0.717, 1.165) is 29.4 Å². The Kier molecular flexibility index (Phi) is 3.20. The number of hydrogen-bond donors (Lipinski definition) is 1. The lowest BCUT2D eigenvalue weighted by Crippen LogP contribution is -2.01. The average molecular weight is 215 g/mol. The summed E-state index contributed by atoms with van der Waals surface area (Å²) in [5.41, 5.74) is 2.93. The number of aliphatic hydroxyl groups is 1. The molecule has 0 amide bonds. The summed E-state index contributed by atoms with van der Waals surface area (Å²) in [5, 5.41) is 11.1. The van der Waals surface area contributed by atoms with Crippen molar-refractivity contribution in [2.24, 2.45) is 0 Å². The van der Waals surface area contributed by atoms with Crippen LogP contribution in [0.3, 0.4) is 0 Å². The number of aliphatic hydroxyl groups excluding tert-OH is 1. The highest BCUT2D eigenvalue weighted by atomic mass is 16.3. The Bertz CT molecular complexity index is 493. The van der Waals surface area contributed by atoms with Crippen LogP contribution >= 0.6 is 0 Å². The fraction of sp³-hybridized carbons (Fsp3) is 0.357. The molecule has 2 nitrogen and oxygen atoms in total. The lowest BCUT2D eigenvalue weighted by molar-refractivity contribution is 0.162. The minimum absolute atomic E-state index is 0.437.